The van der Waals surface area contributed by atoms with Gasteiger partial charge in [0.05, 0.1) is 5.71 Å². The van der Waals surface area contributed by atoms with E-state index >= 15 is 0 Å². The lowest BCUT2D eigenvalue weighted by molar-refractivity contribution is -0.118. The van der Waals surface area contributed by atoms with Crippen LogP contribution < -0.4 is 20.8 Å². The van der Waals surface area contributed by atoms with Gasteiger partial charge in [-0.25, -0.2) is 0 Å². The minimum atomic E-state index is -0.209. The lowest BCUT2D eigenvalue weighted by Gasteiger charge is -2.09. The number of thiocarbonyl (C=S) groups is 1. The number of rotatable bonds is 7. The van der Waals surface area contributed by atoms with Gasteiger partial charge in [-0.2, -0.15) is 5.10 Å². The van der Waals surface area contributed by atoms with Gasteiger partial charge in [-0.1, -0.05) is 18.2 Å². The van der Waals surface area contributed by atoms with Crippen molar-refractivity contribution in [3.8, 4) is 5.75 Å². The van der Waals surface area contributed by atoms with Gasteiger partial charge in [0, 0.05) is 12.2 Å². The molecule has 0 bridgehead atoms. The van der Waals surface area contributed by atoms with E-state index in [0.717, 1.165) is 23.5 Å². The number of anilines is 1. The molecule has 136 valence electrons. The first kappa shape index (κ1) is 19.4. The molecule has 2 aromatic carbocycles. The highest BCUT2D eigenvalue weighted by molar-refractivity contribution is 7.80. The predicted octanol–water partition coefficient (Wildman–Crippen LogP) is 2.91. The quantitative estimate of drug-likeness (QED) is 0.397. The van der Waals surface area contributed by atoms with Gasteiger partial charge in [0.2, 0.25) is 0 Å². The molecule has 3 N–H and O–H groups in total. The van der Waals surface area contributed by atoms with Crippen LogP contribution in [-0.4, -0.2) is 29.9 Å². The molecule has 0 aromatic heterocycles. The fourth-order valence-corrected chi connectivity index (χ4v) is 2.25. The average molecular weight is 370 g/mol. The van der Waals surface area contributed by atoms with E-state index in [4.69, 9.17) is 17.0 Å². The summed E-state index contributed by atoms with van der Waals surface area (Å²) in [6, 6.07) is 16.6. The number of nitrogens with zero attached hydrogens (tertiary/aromatic N) is 1. The lowest BCUT2D eigenvalue weighted by atomic mass is 10.1. The van der Waals surface area contributed by atoms with E-state index in [9.17, 15) is 4.79 Å². The average Bonchev–Trinajstić information content (AvgIpc) is 2.66. The number of hydrazone groups is 1. The van der Waals surface area contributed by atoms with Gasteiger partial charge >= 0.3 is 0 Å². The van der Waals surface area contributed by atoms with Crippen molar-refractivity contribution >= 4 is 34.6 Å². The van der Waals surface area contributed by atoms with Crippen molar-refractivity contribution in [1.82, 2.24) is 10.7 Å². The largest absolute Gasteiger partial charge is 0.484 e. The molecule has 26 heavy (non-hydrogen) atoms. The number of amides is 1. The second-order valence-electron chi connectivity index (χ2n) is 5.40. The molecular formula is C19H22N4O2S. The van der Waals surface area contributed by atoms with Crippen LogP contribution in [0.15, 0.2) is 59.7 Å². The lowest BCUT2D eigenvalue weighted by Crippen LogP contribution is -2.32. The Morgan fingerprint density at radius 1 is 1.12 bits per heavy atom. The summed E-state index contributed by atoms with van der Waals surface area (Å²) in [6.45, 7) is 4.53. The molecule has 7 heteroatoms. The van der Waals surface area contributed by atoms with Gasteiger partial charge in [0.15, 0.2) is 11.7 Å². The van der Waals surface area contributed by atoms with Crippen molar-refractivity contribution in [1.29, 1.82) is 0 Å². The third kappa shape index (κ3) is 6.52. The second kappa shape index (κ2) is 10.1. The molecule has 2 aromatic rings. The highest BCUT2D eigenvalue weighted by Gasteiger charge is 2.04. The molecule has 0 fully saturated rings. The van der Waals surface area contributed by atoms with Crippen molar-refractivity contribution in [2.45, 2.75) is 13.8 Å². The molecule has 0 saturated carbocycles. The maximum Gasteiger partial charge on any atom is 0.262 e. The van der Waals surface area contributed by atoms with E-state index in [-0.39, 0.29) is 12.5 Å². The Balaban J connectivity index is 1.84. The van der Waals surface area contributed by atoms with Gasteiger partial charge in [0.1, 0.15) is 5.75 Å². The van der Waals surface area contributed by atoms with Crippen LogP contribution in [0.1, 0.15) is 19.4 Å². The molecule has 2 rings (SSSR count). The Morgan fingerprint density at radius 2 is 1.81 bits per heavy atom. The zero-order chi connectivity index (χ0) is 18.8. The van der Waals surface area contributed by atoms with Crippen LogP contribution in [0.5, 0.6) is 5.75 Å². The standard InChI is InChI=1S/C19H22N4O2S/c1-3-20-19(26)23-22-14(2)15-9-11-17(12-10-15)25-13-18(24)21-16-7-5-4-6-8-16/h4-12H,3,13H2,1-2H3,(H,21,24)(H2,20,23,26)/b22-14-. The number of carbonyl (C=O) groups is 1. The number of hydrogen-bond donors (Lipinski definition) is 3. The monoisotopic (exact) mass is 370 g/mol. The third-order valence-electron chi connectivity index (χ3n) is 3.36. The fraction of sp³-hybridized carbons (Fsp3) is 0.211. The van der Waals surface area contributed by atoms with Crippen LogP contribution in [0, 0.1) is 0 Å². The summed E-state index contributed by atoms with van der Waals surface area (Å²) in [6.07, 6.45) is 0. The first-order valence-electron chi connectivity index (χ1n) is 8.24. The number of hydrogen-bond acceptors (Lipinski definition) is 4. The summed E-state index contributed by atoms with van der Waals surface area (Å²) in [7, 11) is 0. The van der Waals surface area contributed by atoms with Gasteiger partial charge in [0.25, 0.3) is 5.91 Å². The van der Waals surface area contributed by atoms with Crippen molar-refractivity contribution < 1.29 is 9.53 Å². The highest BCUT2D eigenvalue weighted by atomic mass is 32.1. The van der Waals surface area contributed by atoms with E-state index in [1.807, 2.05) is 56.3 Å². The molecule has 0 atom stereocenters. The Hall–Kier alpha value is -2.93. The number of nitrogens with one attached hydrogen (secondary N) is 3. The summed E-state index contributed by atoms with van der Waals surface area (Å²) in [5.74, 6) is 0.403. The van der Waals surface area contributed by atoms with Crippen molar-refractivity contribution in [2.75, 3.05) is 18.5 Å². The molecule has 0 unspecified atom stereocenters. The summed E-state index contributed by atoms with van der Waals surface area (Å²) in [5.41, 5.74) is 5.24. The van der Waals surface area contributed by atoms with Gasteiger partial charge in [-0.15, -0.1) is 0 Å². The van der Waals surface area contributed by atoms with Crippen LogP contribution in [0.3, 0.4) is 0 Å². The fourth-order valence-electron chi connectivity index (χ4n) is 2.06. The first-order valence-corrected chi connectivity index (χ1v) is 8.65. The van der Waals surface area contributed by atoms with Crippen molar-refractivity contribution in [3.63, 3.8) is 0 Å². The third-order valence-corrected chi connectivity index (χ3v) is 3.60. The van der Waals surface area contributed by atoms with Crippen LogP contribution in [0.25, 0.3) is 0 Å². The molecule has 0 aliphatic rings. The number of benzene rings is 2. The Morgan fingerprint density at radius 3 is 2.46 bits per heavy atom. The highest BCUT2D eigenvalue weighted by Crippen LogP contribution is 2.13. The van der Waals surface area contributed by atoms with Crippen molar-refractivity contribution in [2.24, 2.45) is 5.10 Å². The van der Waals surface area contributed by atoms with Gasteiger partial charge in [-0.3, -0.25) is 10.2 Å². The van der Waals surface area contributed by atoms with Crippen LogP contribution >= 0.6 is 12.2 Å². The Labute approximate surface area is 158 Å². The normalized spacial score (nSPS) is 10.8. The smallest absolute Gasteiger partial charge is 0.262 e. The Kier molecular flexibility index (Phi) is 7.57. The van der Waals surface area contributed by atoms with Gasteiger partial charge in [-0.05, 0) is 68.0 Å². The van der Waals surface area contributed by atoms with E-state index in [1.165, 1.54) is 0 Å². The van der Waals surface area contributed by atoms with Crippen LogP contribution in [0.4, 0.5) is 5.69 Å². The summed E-state index contributed by atoms with van der Waals surface area (Å²) < 4.78 is 5.51. The number of carbonyl (C=O) groups excluding carboxylic acids is 1. The summed E-state index contributed by atoms with van der Waals surface area (Å²) in [4.78, 5) is 11.9. The zero-order valence-electron chi connectivity index (χ0n) is 14.8. The van der Waals surface area contributed by atoms with E-state index in [2.05, 4.69) is 21.2 Å². The molecule has 0 heterocycles. The minimum absolute atomic E-state index is 0.0557. The van der Waals surface area contributed by atoms with Crippen molar-refractivity contribution in [3.05, 3.63) is 60.2 Å². The Bertz CT molecular complexity index is 761. The minimum Gasteiger partial charge on any atom is -0.484 e. The van der Waals surface area contributed by atoms with E-state index < -0.39 is 0 Å². The SMILES string of the molecule is CCNC(=S)N/N=C(/C)c1ccc(OCC(=O)Nc2ccccc2)cc1. The van der Waals surface area contributed by atoms with E-state index in [1.54, 1.807) is 12.1 Å². The molecule has 0 spiro atoms. The molecule has 0 aliphatic heterocycles. The molecule has 0 radical (unpaired) electrons. The maximum atomic E-state index is 11.9. The maximum absolute atomic E-state index is 11.9. The van der Waals surface area contributed by atoms with Crippen LogP contribution in [0.2, 0.25) is 0 Å². The number of para-hydroxylation sites is 1. The molecule has 6 nitrogen and oxygen atoms in total. The zero-order valence-corrected chi connectivity index (χ0v) is 15.6. The predicted molar refractivity (Wildman–Crippen MR) is 109 cm³/mol. The molecular weight excluding hydrogens is 348 g/mol. The topological polar surface area (TPSA) is 74.8 Å². The van der Waals surface area contributed by atoms with Crippen LogP contribution in [-0.2, 0) is 4.79 Å². The first-order chi connectivity index (χ1) is 12.6. The molecule has 0 saturated heterocycles. The second-order valence-corrected chi connectivity index (χ2v) is 5.80. The van der Waals surface area contributed by atoms with Gasteiger partial charge < -0.3 is 15.4 Å². The summed E-state index contributed by atoms with van der Waals surface area (Å²) >= 11 is 5.06. The molecule has 0 aliphatic carbocycles. The number of ether oxygens (including phenoxy) is 1. The summed E-state index contributed by atoms with van der Waals surface area (Å²) in [5, 5.41) is 10.4. The molecule has 1 amide bonds. The van der Waals surface area contributed by atoms with E-state index in [0.29, 0.717) is 10.9 Å².